The number of pyridine rings is 1. The Balaban J connectivity index is 2.76. The molecule has 0 bridgehead atoms. The van der Waals surface area contributed by atoms with Gasteiger partial charge < -0.3 is 5.73 Å². The van der Waals surface area contributed by atoms with Crippen molar-refractivity contribution in [3.05, 3.63) is 11.8 Å². The predicted octanol–water partition coefficient (Wildman–Crippen LogP) is 1.87. The van der Waals surface area contributed by atoms with Crippen LogP contribution in [0.2, 0.25) is 0 Å². The molecule has 0 saturated carbocycles. The molecule has 2 heterocycles. The van der Waals surface area contributed by atoms with E-state index in [1.165, 1.54) is 17.5 Å². The lowest BCUT2D eigenvalue weighted by atomic mass is 10.2. The number of thioether (sulfide) groups is 1. The standard InChI is InChI=1S/C8H6N4S2/c1-13-8-12-7-6(14-8)5(10)4(2-9)3-11-7/h3H,1H3,(H2,10,11). The van der Waals surface area contributed by atoms with Crippen molar-refractivity contribution in [3.8, 4) is 6.07 Å². The van der Waals surface area contributed by atoms with E-state index in [2.05, 4.69) is 9.97 Å². The van der Waals surface area contributed by atoms with Gasteiger partial charge in [-0.3, -0.25) is 0 Å². The van der Waals surface area contributed by atoms with Gasteiger partial charge in [-0.2, -0.15) is 5.26 Å². The van der Waals surface area contributed by atoms with Crippen molar-refractivity contribution in [2.24, 2.45) is 0 Å². The van der Waals surface area contributed by atoms with Crippen LogP contribution in [0.25, 0.3) is 10.3 Å². The Morgan fingerprint density at radius 2 is 2.43 bits per heavy atom. The summed E-state index contributed by atoms with van der Waals surface area (Å²) in [5, 5.41) is 8.75. The molecule has 2 aromatic heterocycles. The highest BCUT2D eigenvalue weighted by molar-refractivity contribution is 8.00. The van der Waals surface area contributed by atoms with Crippen LogP contribution in [-0.2, 0) is 0 Å². The Labute approximate surface area is 88.8 Å². The van der Waals surface area contributed by atoms with Crippen molar-refractivity contribution in [1.29, 1.82) is 5.26 Å². The molecule has 0 radical (unpaired) electrons. The van der Waals surface area contributed by atoms with Gasteiger partial charge in [0, 0.05) is 6.20 Å². The lowest BCUT2D eigenvalue weighted by Crippen LogP contribution is -1.91. The topological polar surface area (TPSA) is 75.6 Å². The maximum atomic E-state index is 8.75. The largest absolute Gasteiger partial charge is 0.396 e. The average Bonchev–Trinajstić information content (AvgIpc) is 2.62. The van der Waals surface area contributed by atoms with E-state index >= 15 is 0 Å². The second-order valence-corrected chi connectivity index (χ2v) is 4.59. The van der Waals surface area contributed by atoms with Gasteiger partial charge in [0.15, 0.2) is 9.99 Å². The number of hydrogen-bond donors (Lipinski definition) is 1. The van der Waals surface area contributed by atoms with E-state index in [-0.39, 0.29) is 0 Å². The van der Waals surface area contributed by atoms with E-state index in [0.717, 1.165) is 9.04 Å². The molecule has 70 valence electrons. The summed E-state index contributed by atoms with van der Waals surface area (Å²) in [5.74, 6) is 0. The Hall–Kier alpha value is -1.32. The maximum absolute atomic E-state index is 8.75. The molecular formula is C8H6N4S2. The third kappa shape index (κ3) is 1.31. The minimum atomic E-state index is 0.411. The van der Waals surface area contributed by atoms with Crippen LogP contribution in [0.15, 0.2) is 10.5 Å². The van der Waals surface area contributed by atoms with E-state index in [4.69, 9.17) is 11.0 Å². The third-order valence-corrected chi connectivity index (χ3v) is 3.80. The van der Waals surface area contributed by atoms with Gasteiger partial charge in [-0.05, 0) is 6.26 Å². The quantitative estimate of drug-likeness (QED) is 0.745. The van der Waals surface area contributed by atoms with E-state index < -0.39 is 0 Å². The van der Waals surface area contributed by atoms with Crippen LogP contribution in [0, 0.1) is 11.3 Å². The smallest absolute Gasteiger partial charge is 0.173 e. The summed E-state index contributed by atoms with van der Waals surface area (Å²) < 4.78 is 1.71. The van der Waals surface area contributed by atoms with E-state index in [1.54, 1.807) is 11.8 Å². The molecule has 0 aliphatic heterocycles. The molecule has 0 fully saturated rings. The molecule has 14 heavy (non-hydrogen) atoms. The Morgan fingerprint density at radius 1 is 1.64 bits per heavy atom. The fourth-order valence-electron chi connectivity index (χ4n) is 1.05. The molecule has 0 amide bonds. The van der Waals surface area contributed by atoms with Gasteiger partial charge in [-0.25, -0.2) is 9.97 Å². The summed E-state index contributed by atoms with van der Waals surface area (Å²) >= 11 is 3.01. The molecular weight excluding hydrogens is 216 g/mol. The highest BCUT2D eigenvalue weighted by atomic mass is 32.2. The molecule has 2 rings (SSSR count). The molecule has 0 atom stereocenters. The fraction of sp³-hybridized carbons (Fsp3) is 0.125. The molecule has 0 spiro atoms. The number of hydrogen-bond acceptors (Lipinski definition) is 6. The number of anilines is 1. The average molecular weight is 222 g/mol. The van der Waals surface area contributed by atoms with Gasteiger partial charge in [-0.1, -0.05) is 11.8 Å². The highest BCUT2D eigenvalue weighted by Crippen LogP contribution is 2.32. The van der Waals surface area contributed by atoms with Crippen molar-refractivity contribution < 1.29 is 0 Å². The lowest BCUT2D eigenvalue weighted by molar-refractivity contribution is 1.23. The van der Waals surface area contributed by atoms with Gasteiger partial charge in [0.05, 0.1) is 16.0 Å². The van der Waals surface area contributed by atoms with Gasteiger partial charge >= 0.3 is 0 Å². The number of nitrogens with zero attached hydrogens (tertiary/aromatic N) is 3. The van der Waals surface area contributed by atoms with Crippen molar-refractivity contribution >= 4 is 39.1 Å². The summed E-state index contributed by atoms with van der Waals surface area (Å²) in [6, 6.07) is 2.00. The Kier molecular flexibility index (Phi) is 2.27. The number of nitrogen functional groups attached to an aromatic ring is 1. The SMILES string of the molecule is CSc1nc2ncc(C#N)c(N)c2s1. The molecule has 4 nitrogen and oxygen atoms in total. The molecule has 0 saturated heterocycles. The van der Waals surface area contributed by atoms with Crippen molar-refractivity contribution in [3.63, 3.8) is 0 Å². The summed E-state index contributed by atoms with van der Waals surface area (Å²) in [5.41, 5.74) is 7.31. The Morgan fingerprint density at radius 3 is 3.07 bits per heavy atom. The summed E-state index contributed by atoms with van der Waals surface area (Å²) in [6.45, 7) is 0. The molecule has 0 aliphatic rings. The van der Waals surface area contributed by atoms with Crippen LogP contribution in [0.4, 0.5) is 5.69 Å². The molecule has 2 aromatic rings. The van der Waals surface area contributed by atoms with Crippen LogP contribution < -0.4 is 5.73 Å². The first-order chi connectivity index (χ1) is 6.76. The first kappa shape index (κ1) is 9.24. The summed E-state index contributed by atoms with van der Waals surface area (Å²) in [4.78, 5) is 8.31. The summed E-state index contributed by atoms with van der Waals surface area (Å²) in [6.07, 6.45) is 3.40. The Bertz CT molecular complexity index is 526. The van der Waals surface area contributed by atoms with Crippen LogP contribution in [0.5, 0.6) is 0 Å². The van der Waals surface area contributed by atoms with Crippen LogP contribution in [0.3, 0.4) is 0 Å². The van der Waals surface area contributed by atoms with Crippen molar-refractivity contribution in [2.45, 2.75) is 4.34 Å². The summed E-state index contributed by atoms with van der Waals surface area (Å²) in [7, 11) is 0. The fourth-order valence-corrected chi connectivity index (χ4v) is 2.53. The number of nitrogens with two attached hydrogens (primary N) is 1. The third-order valence-electron chi connectivity index (χ3n) is 1.74. The lowest BCUT2D eigenvalue weighted by Gasteiger charge is -1.94. The normalized spacial score (nSPS) is 10.3. The number of fused-ring (bicyclic) bond motifs is 1. The second-order valence-electron chi connectivity index (χ2n) is 2.53. The van der Waals surface area contributed by atoms with Crippen molar-refractivity contribution in [2.75, 3.05) is 12.0 Å². The number of aromatic nitrogens is 2. The van der Waals surface area contributed by atoms with E-state index in [9.17, 15) is 0 Å². The number of thiazole rings is 1. The number of rotatable bonds is 1. The molecule has 0 aliphatic carbocycles. The minimum Gasteiger partial charge on any atom is -0.396 e. The molecule has 6 heteroatoms. The van der Waals surface area contributed by atoms with Gasteiger partial charge in [0.1, 0.15) is 6.07 Å². The van der Waals surface area contributed by atoms with Gasteiger partial charge in [0.25, 0.3) is 0 Å². The molecule has 0 aromatic carbocycles. The van der Waals surface area contributed by atoms with Gasteiger partial charge in [0.2, 0.25) is 0 Å². The zero-order chi connectivity index (χ0) is 10.1. The monoisotopic (exact) mass is 222 g/mol. The maximum Gasteiger partial charge on any atom is 0.173 e. The zero-order valence-corrected chi connectivity index (χ0v) is 8.95. The molecule has 0 unspecified atom stereocenters. The van der Waals surface area contributed by atoms with Crippen LogP contribution in [-0.4, -0.2) is 16.2 Å². The van der Waals surface area contributed by atoms with Crippen LogP contribution >= 0.6 is 23.1 Å². The van der Waals surface area contributed by atoms with E-state index in [0.29, 0.717) is 16.9 Å². The van der Waals surface area contributed by atoms with Crippen LogP contribution in [0.1, 0.15) is 5.56 Å². The predicted molar refractivity (Wildman–Crippen MR) is 58.3 cm³/mol. The first-order valence-corrected chi connectivity index (χ1v) is 5.79. The number of nitriles is 1. The highest BCUT2D eigenvalue weighted by Gasteiger charge is 2.10. The zero-order valence-electron chi connectivity index (χ0n) is 7.31. The molecule has 2 N–H and O–H groups in total. The van der Waals surface area contributed by atoms with E-state index in [1.807, 2.05) is 12.3 Å². The van der Waals surface area contributed by atoms with Crippen molar-refractivity contribution in [1.82, 2.24) is 9.97 Å². The van der Waals surface area contributed by atoms with Gasteiger partial charge in [-0.15, -0.1) is 11.3 Å². The first-order valence-electron chi connectivity index (χ1n) is 3.75. The second kappa shape index (κ2) is 3.44. The minimum absolute atomic E-state index is 0.411.